The molecule has 7 rings (SSSR count). The van der Waals surface area contributed by atoms with E-state index in [4.69, 9.17) is 11.6 Å². The third-order valence-corrected chi connectivity index (χ3v) is 15.9. The zero-order chi connectivity index (χ0) is 43.6. The van der Waals surface area contributed by atoms with Crippen molar-refractivity contribution in [2.75, 3.05) is 75.7 Å². The van der Waals surface area contributed by atoms with Crippen LogP contribution in [0.1, 0.15) is 74.7 Å². The van der Waals surface area contributed by atoms with Gasteiger partial charge in [0.2, 0.25) is 0 Å². The molecule has 3 aromatic rings. The van der Waals surface area contributed by atoms with E-state index in [-0.39, 0.29) is 29.1 Å². The van der Waals surface area contributed by atoms with Gasteiger partial charge in [-0.05, 0) is 122 Å². The largest absolute Gasteiger partial charge is 0.501 e. The van der Waals surface area contributed by atoms with Crippen LogP contribution in [0.15, 0.2) is 82.1 Å². The third-order valence-electron chi connectivity index (χ3n) is 12.8. The summed E-state index contributed by atoms with van der Waals surface area (Å²) < 4.78 is 96.0. The number of amides is 1. The summed E-state index contributed by atoms with van der Waals surface area (Å²) in [6, 6.07) is 17.5. The van der Waals surface area contributed by atoms with E-state index in [0.29, 0.717) is 12.1 Å². The number of nitrogens with zero attached hydrogens (tertiary/aromatic N) is 3. The number of carbonyl (C=O) groups is 1. The molecule has 332 valence electrons. The van der Waals surface area contributed by atoms with Crippen molar-refractivity contribution in [1.29, 1.82) is 0 Å². The molecule has 0 unspecified atom stereocenters. The number of halogens is 4. The normalized spacial score (nSPS) is 22.2. The number of hydrogen-bond acceptors (Lipinski definition) is 10. The van der Waals surface area contributed by atoms with Crippen LogP contribution in [0, 0.1) is 11.3 Å². The van der Waals surface area contributed by atoms with Gasteiger partial charge in [-0.3, -0.25) is 14.6 Å². The topological polar surface area (TPSA) is 131 Å². The second-order valence-electron chi connectivity index (χ2n) is 17.6. The van der Waals surface area contributed by atoms with Crippen molar-refractivity contribution >= 4 is 54.3 Å². The first kappa shape index (κ1) is 45.4. The third kappa shape index (κ3) is 10.9. The molecule has 0 atom stereocenters. The molecular weight excluding hydrogens is 849 g/mol. The van der Waals surface area contributed by atoms with Gasteiger partial charge in [0.05, 0.1) is 10.6 Å². The van der Waals surface area contributed by atoms with Crippen molar-refractivity contribution in [3.05, 3.63) is 88.5 Å². The molecule has 2 saturated heterocycles. The monoisotopic (exact) mass is 904 g/mol. The zero-order valence-electron chi connectivity index (χ0n) is 34.7. The minimum atomic E-state index is -5.96. The number of rotatable bonds is 12. The quantitative estimate of drug-likeness (QED) is 0.169. The average molecular weight is 906 g/mol. The van der Waals surface area contributed by atoms with Crippen LogP contribution in [-0.4, -0.2) is 110 Å². The van der Waals surface area contributed by atoms with Gasteiger partial charge in [0.1, 0.15) is 4.90 Å². The highest BCUT2D eigenvalue weighted by atomic mass is 35.5. The van der Waals surface area contributed by atoms with Crippen LogP contribution in [0.4, 0.5) is 24.5 Å². The number of hydrogen-bond donors (Lipinski definition) is 3. The summed E-state index contributed by atoms with van der Waals surface area (Å²) in [5.74, 6) is -0.901. The standard InChI is InChI=1S/C44H56ClF3N6O5S2/c1-43(2)18-17-39(32-5-9-35(45)10-6-32)34(28-43)30-52-23-25-54(26-24-52)37-13-7-33(8-14-37)42(55)51-61(58,59)38-15-16-40(41(27-38)60(56,57)44(46,47)48)50-29-31-3-11-36(12-4-31)53-21-19-49-20-22-53/h5-10,13-16,27,31,36,49-50H,3-4,11-12,17-26,28-30H2,1-2H3,(H,51,55). The van der Waals surface area contributed by atoms with Gasteiger partial charge in [0, 0.05) is 87.8 Å². The summed E-state index contributed by atoms with van der Waals surface area (Å²) in [5, 5.41) is 6.93. The van der Waals surface area contributed by atoms with Gasteiger partial charge in [-0.25, -0.2) is 21.6 Å². The number of allylic oxidation sites excluding steroid dienone is 1. The summed E-state index contributed by atoms with van der Waals surface area (Å²) in [7, 11) is -10.7. The Morgan fingerprint density at radius 1 is 0.869 bits per heavy atom. The molecule has 0 aromatic heterocycles. The van der Waals surface area contributed by atoms with Gasteiger partial charge >= 0.3 is 5.51 Å². The molecular formula is C44H56ClF3N6O5S2. The lowest BCUT2D eigenvalue weighted by Gasteiger charge is -2.39. The number of piperazine rings is 2. The fourth-order valence-electron chi connectivity index (χ4n) is 9.24. The Morgan fingerprint density at radius 2 is 1.52 bits per heavy atom. The molecule has 0 radical (unpaired) electrons. The lowest BCUT2D eigenvalue weighted by molar-refractivity contribution is -0.0435. The van der Waals surface area contributed by atoms with E-state index < -0.39 is 41.1 Å². The summed E-state index contributed by atoms with van der Waals surface area (Å²) in [5.41, 5.74) is -0.852. The zero-order valence-corrected chi connectivity index (χ0v) is 37.1. The van der Waals surface area contributed by atoms with Crippen LogP contribution >= 0.6 is 11.6 Å². The first-order valence-electron chi connectivity index (χ1n) is 21.1. The fraction of sp³-hybridized carbons (Fsp3) is 0.523. The summed E-state index contributed by atoms with van der Waals surface area (Å²) in [6.07, 6.45) is 6.68. The maximum absolute atomic E-state index is 13.9. The molecule has 1 amide bonds. The number of carbonyl (C=O) groups excluding carboxylic acids is 1. The van der Waals surface area contributed by atoms with Gasteiger partial charge < -0.3 is 15.5 Å². The van der Waals surface area contributed by atoms with Crippen LogP contribution in [0.2, 0.25) is 5.02 Å². The highest BCUT2D eigenvalue weighted by Crippen LogP contribution is 2.43. The maximum Gasteiger partial charge on any atom is 0.501 e. The predicted octanol–water partition coefficient (Wildman–Crippen LogP) is 7.41. The highest BCUT2D eigenvalue weighted by molar-refractivity contribution is 7.92. The van der Waals surface area contributed by atoms with Crippen molar-refractivity contribution in [2.24, 2.45) is 11.3 Å². The SMILES string of the molecule is CC1(C)CCC(c2ccc(Cl)cc2)=C(CN2CCN(c3ccc(C(=O)NS(=O)(=O)c4ccc(NCC5CCC(N6CCNCC6)CC5)c(S(=O)(=O)C(F)(F)F)c4)cc3)CC2)C1. The van der Waals surface area contributed by atoms with Gasteiger partial charge in [-0.2, -0.15) is 13.2 Å². The van der Waals surface area contributed by atoms with Crippen LogP contribution in [0.5, 0.6) is 0 Å². The number of sulfonamides is 1. The van der Waals surface area contributed by atoms with Crippen LogP contribution < -0.4 is 20.3 Å². The summed E-state index contributed by atoms with van der Waals surface area (Å²) in [6.45, 7) is 12.7. The Balaban J connectivity index is 0.967. The first-order valence-corrected chi connectivity index (χ1v) is 24.5. The molecule has 2 aliphatic heterocycles. The lowest BCUT2D eigenvalue weighted by atomic mass is 9.73. The number of anilines is 2. The van der Waals surface area contributed by atoms with Crippen molar-refractivity contribution in [3.63, 3.8) is 0 Å². The van der Waals surface area contributed by atoms with E-state index in [9.17, 15) is 34.8 Å². The summed E-state index contributed by atoms with van der Waals surface area (Å²) in [4.78, 5) is 18.3. The molecule has 0 bridgehead atoms. The Hall–Kier alpha value is -3.67. The van der Waals surface area contributed by atoms with Crippen LogP contribution in [0.3, 0.4) is 0 Å². The molecule has 61 heavy (non-hydrogen) atoms. The molecule has 11 nitrogen and oxygen atoms in total. The van der Waals surface area contributed by atoms with Gasteiger partial charge in [-0.1, -0.05) is 43.2 Å². The Kier molecular flexibility index (Phi) is 13.8. The fourth-order valence-corrected chi connectivity index (χ4v) is 11.4. The molecule has 3 fully saturated rings. The van der Waals surface area contributed by atoms with E-state index >= 15 is 0 Å². The van der Waals surface area contributed by atoms with Crippen LogP contribution in [0.25, 0.3) is 5.57 Å². The Labute approximate surface area is 363 Å². The van der Waals surface area contributed by atoms with Crippen molar-refractivity contribution < 1.29 is 34.8 Å². The molecule has 4 aliphatic rings. The minimum absolute atomic E-state index is 0.0145. The second-order valence-corrected chi connectivity index (χ2v) is 21.7. The number of nitrogens with one attached hydrogen (secondary N) is 3. The molecule has 1 saturated carbocycles. The number of alkyl halides is 3. The van der Waals surface area contributed by atoms with E-state index in [1.54, 1.807) is 12.1 Å². The second kappa shape index (κ2) is 18.6. The Bertz CT molecular complexity index is 2290. The van der Waals surface area contributed by atoms with Crippen molar-refractivity contribution in [2.45, 2.75) is 80.1 Å². The molecule has 2 aliphatic carbocycles. The average Bonchev–Trinajstić information content (AvgIpc) is 3.23. The molecule has 0 spiro atoms. The lowest BCUT2D eigenvalue weighted by Crippen LogP contribution is -2.49. The van der Waals surface area contributed by atoms with Crippen molar-refractivity contribution in [1.82, 2.24) is 19.8 Å². The molecule has 3 aromatic carbocycles. The Morgan fingerprint density at radius 3 is 2.16 bits per heavy atom. The van der Waals surface area contributed by atoms with Crippen LogP contribution in [-0.2, 0) is 19.9 Å². The molecule has 17 heteroatoms. The highest BCUT2D eigenvalue weighted by Gasteiger charge is 2.48. The first-order chi connectivity index (χ1) is 28.9. The number of sulfone groups is 1. The van der Waals surface area contributed by atoms with Gasteiger partial charge in [0.25, 0.3) is 25.8 Å². The van der Waals surface area contributed by atoms with E-state index in [2.05, 4.69) is 51.3 Å². The minimum Gasteiger partial charge on any atom is -0.384 e. The summed E-state index contributed by atoms with van der Waals surface area (Å²) >= 11 is 6.18. The van der Waals surface area contributed by atoms with Crippen molar-refractivity contribution in [3.8, 4) is 0 Å². The van der Waals surface area contributed by atoms with Gasteiger partial charge in [0.15, 0.2) is 0 Å². The van der Waals surface area contributed by atoms with E-state index in [1.165, 1.54) is 28.8 Å². The maximum atomic E-state index is 13.9. The smallest absolute Gasteiger partial charge is 0.384 e. The molecule has 3 N–H and O–H groups in total. The predicted molar refractivity (Wildman–Crippen MR) is 234 cm³/mol. The molecule has 2 heterocycles. The van der Waals surface area contributed by atoms with Gasteiger partial charge in [-0.15, -0.1) is 0 Å². The van der Waals surface area contributed by atoms with E-state index in [1.807, 2.05) is 16.9 Å². The number of benzene rings is 3. The van der Waals surface area contributed by atoms with E-state index in [0.717, 1.165) is 127 Å².